The van der Waals surface area contributed by atoms with Gasteiger partial charge in [0.1, 0.15) is 11.6 Å². The van der Waals surface area contributed by atoms with Crippen molar-refractivity contribution in [1.29, 1.82) is 0 Å². The fourth-order valence-corrected chi connectivity index (χ4v) is 3.78. The summed E-state index contributed by atoms with van der Waals surface area (Å²) < 4.78 is 15.1. The lowest BCUT2D eigenvalue weighted by Gasteiger charge is -2.20. The van der Waals surface area contributed by atoms with Gasteiger partial charge in [0, 0.05) is 24.3 Å². The number of hydrogen-bond donors (Lipinski definition) is 1. The Bertz CT molecular complexity index is 1280. The molecule has 0 radical (unpaired) electrons. The second-order valence-electron chi connectivity index (χ2n) is 7.76. The third-order valence-electron chi connectivity index (χ3n) is 5.49. The van der Waals surface area contributed by atoms with Gasteiger partial charge in [0.25, 0.3) is 5.91 Å². The molecule has 1 N–H and O–H groups in total. The van der Waals surface area contributed by atoms with Crippen LogP contribution in [0.25, 0.3) is 16.7 Å². The molecule has 3 aromatic carbocycles. The van der Waals surface area contributed by atoms with Crippen molar-refractivity contribution in [2.24, 2.45) is 0 Å². The van der Waals surface area contributed by atoms with Gasteiger partial charge < -0.3 is 10.2 Å². The molecule has 0 fully saturated rings. The fourth-order valence-electron chi connectivity index (χ4n) is 3.78. The number of aryl methyl sites for hydroxylation is 1. The number of halogens is 1. The molecular formula is C26H25FN4O2. The van der Waals surface area contributed by atoms with E-state index in [0.29, 0.717) is 12.1 Å². The van der Waals surface area contributed by atoms with Crippen molar-refractivity contribution in [2.45, 2.75) is 20.4 Å². The largest absolute Gasteiger partial charge is 0.350 e. The van der Waals surface area contributed by atoms with Crippen LogP contribution >= 0.6 is 0 Å². The highest BCUT2D eigenvalue weighted by atomic mass is 19.1. The molecule has 4 aromatic rings. The molecule has 2 amide bonds. The van der Waals surface area contributed by atoms with Crippen molar-refractivity contribution in [2.75, 3.05) is 13.1 Å². The van der Waals surface area contributed by atoms with Gasteiger partial charge in [-0.15, -0.1) is 0 Å². The van der Waals surface area contributed by atoms with E-state index in [0.717, 1.165) is 28.1 Å². The molecule has 1 aromatic heterocycles. The molecule has 0 saturated heterocycles. The molecule has 6 nitrogen and oxygen atoms in total. The Kier molecular flexibility index (Phi) is 6.49. The first-order chi connectivity index (χ1) is 16.0. The quantitative estimate of drug-likeness (QED) is 0.463. The second kappa shape index (κ2) is 9.65. The number of hydrogen-bond acceptors (Lipinski definition) is 3. The van der Waals surface area contributed by atoms with Crippen molar-refractivity contribution in [3.63, 3.8) is 0 Å². The molecule has 0 aliphatic heterocycles. The number of rotatable bonds is 7. The third kappa shape index (κ3) is 4.92. The molecule has 7 heteroatoms. The highest BCUT2D eigenvalue weighted by molar-refractivity contribution is 5.99. The molecule has 0 atom stereocenters. The minimum Gasteiger partial charge on any atom is -0.350 e. The number of nitrogens with zero attached hydrogens (tertiary/aromatic N) is 3. The summed E-state index contributed by atoms with van der Waals surface area (Å²) in [5.41, 5.74) is 3.90. The number of fused-ring (bicyclic) bond motifs is 1. The third-order valence-corrected chi connectivity index (χ3v) is 5.49. The number of imidazole rings is 1. The van der Waals surface area contributed by atoms with E-state index in [2.05, 4.69) is 10.3 Å². The van der Waals surface area contributed by atoms with Crippen molar-refractivity contribution in [1.82, 2.24) is 19.8 Å². The van der Waals surface area contributed by atoms with Crippen LogP contribution in [0.1, 0.15) is 28.7 Å². The molecule has 33 heavy (non-hydrogen) atoms. The van der Waals surface area contributed by atoms with Crippen LogP contribution in [0.15, 0.2) is 72.8 Å². The summed E-state index contributed by atoms with van der Waals surface area (Å²) in [5.74, 6) is -0.00929. The van der Waals surface area contributed by atoms with E-state index >= 15 is 0 Å². The van der Waals surface area contributed by atoms with Crippen molar-refractivity contribution < 1.29 is 14.0 Å². The average molecular weight is 445 g/mol. The molecule has 4 rings (SSSR count). The number of carbonyl (C=O) groups excluding carboxylic acids is 2. The molecule has 1 heterocycles. The summed E-state index contributed by atoms with van der Waals surface area (Å²) in [6.45, 7) is 4.35. The van der Waals surface area contributed by atoms with Crippen LogP contribution in [-0.4, -0.2) is 39.4 Å². The lowest BCUT2D eigenvalue weighted by atomic mass is 10.1. The summed E-state index contributed by atoms with van der Waals surface area (Å²) in [4.78, 5) is 31.6. The van der Waals surface area contributed by atoms with Gasteiger partial charge in [-0.3, -0.25) is 14.2 Å². The molecule has 0 saturated carbocycles. The predicted octanol–water partition coefficient (Wildman–Crippen LogP) is 4.25. The molecular weight excluding hydrogens is 419 g/mol. The zero-order valence-electron chi connectivity index (χ0n) is 18.6. The Morgan fingerprint density at radius 1 is 1.03 bits per heavy atom. The SMILES string of the molecule is CCN(CC(=O)NCc1ccc(F)cc1)C(=O)c1ccc2c(c1)nc(C)n2-c1ccccc1. The lowest BCUT2D eigenvalue weighted by molar-refractivity contribution is -0.121. The summed E-state index contributed by atoms with van der Waals surface area (Å²) in [6, 6.07) is 21.3. The van der Waals surface area contributed by atoms with Gasteiger partial charge in [0.15, 0.2) is 0 Å². The van der Waals surface area contributed by atoms with E-state index in [4.69, 9.17) is 0 Å². The van der Waals surface area contributed by atoms with Crippen LogP contribution in [0, 0.1) is 12.7 Å². The standard InChI is InChI=1S/C26H25FN4O2/c1-3-30(17-25(32)28-16-19-9-12-21(27)13-10-19)26(33)20-11-14-24-23(15-20)29-18(2)31(24)22-7-5-4-6-8-22/h4-15H,3,16-17H2,1-2H3,(H,28,32). The van der Waals surface area contributed by atoms with Gasteiger partial charge in [-0.05, 0) is 61.9 Å². The first-order valence-electron chi connectivity index (χ1n) is 10.8. The van der Waals surface area contributed by atoms with E-state index in [-0.39, 0.29) is 30.7 Å². The predicted molar refractivity (Wildman–Crippen MR) is 126 cm³/mol. The summed E-state index contributed by atoms with van der Waals surface area (Å²) in [5, 5.41) is 2.78. The van der Waals surface area contributed by atoms with E-state index in [1.54, 1.807) is 24.3 Å². The van der Waals surface area contributed by atoms with Crippen molar-refractivity contribution in [3.05, 3.63) is 95.6 Å². The van der Waals surface area contributed by atoms with Crippen LogP contribution < -0.4 is 5.32 Å². The van der Waals surface area contributed by atoms with Gasteiger partial charge >= 0.3 is 0 Å². The minimum atomic E-state index is -0.325. The van der Waals surface area contributed by atoms with Crippen LogP contribution in [0.2, 0.25) is 0 Å². The minimum absolute atomic E-state index is 0.0634. The number of aromatic nitrogens is 2. The van der Waals surface area contributed by atoms with Gasteiger partial charge in [-0.2, -0.15) is 0 Å². The number of carbonyl (C=O) groups is 2. The van der Waals surface area contributed by atoms with Crippen LogP contribution in [0.4, 0.5) is 4.39 Å². The van der Waals surface area contributed by atoms with Crippen LogP contribution in [-0.2, 0) is 11.3 Å². The van der Waals surface area contributed by atoms with E-state index in [1.165, 1.54) is 17.0 Å². The molecule has 0 bridgehead atoms. The van der Waals surface area contributed by atoms with E-state index in [1.807, 2.05) is 54.8 Å². The average Bonchev–Trinajstić information content (AvgIpc) is 3.17. The molecule has 168 valence electrons. The maximum atomic E-state index is 13.1. The van der Waals surface area contributed by atoms with Gasteiger partial charge in [-0.25, -0.2) is 9.37 Å². The van der Waals surface area contributed by atoms with Gasteiger partial charge in [0.05, 0.1) is 17.6 Å². The highest BCUT2D eigenvalue weighted by Crippen LogP contribution is 2.23. The van der Waals surface area contributed by atoms with Crippen LogP contribution in [0.5, 0.6) is 0 Å². The summed E-state index contributed by atoms with van der Waals surface area (Å²) >= 11 is 0. The number of nitrogens with one attached hydrogen (secondary N) is 1. The summed E-state index contributed by atoms with van der Waals surface area (Å²) in [6.07, 6.45) is 0. The molecule has 0 unspecified atom stereocenters. The zero-order chi connectivity index (χ0) is 23.4. The Hall–Kier alpha value is -4.00. The highest BCUT2D eigenvalue weighted by Gasteiger charge is 2.19. The number of para-hydroxylation sites is 1. The maximum Gasteiger partial charge on any atom is 0.254 e. The van der Waals surface area contributed by atoms with E-state index in [9.17, 15) is 14.0 Å². The van der Waals surface area contributed by atoms with Crippen molar-refractivity contribution >= 4 is 22.8 Å². The topological polar surface area (TPSA) is 67.2 Å². The Morgan fingerprint density at radius 3 is 2.45 bits per heavy atom. The zero-order valence-corrected chi connectivity index (χ0v) is 18.6. The monoisotopic (exact) mass is 444 g/mol. The van der Waals surface area contributed by atoms with Gasteiger partial charge in [0.2, 0.25) is 5.91 Å². The molecule has 0 aliphatic rings. The van der Waals surface area contributed by atoms with E-state index < -0.39 is 0 Å². The number of benzene rings is 3. The molecule has 0 spiro atoms. The number of likely N-dealkylation sites (N-methyl/N-ethyl adjacent to an activating group) is 1. The Balaban J connectivity index is 1.48. The first-order valence-corrected chi connectivity index (χ1v) is 10.8. The fraction of sp³-hybridized carbons (Fsp3) is 0.192. The Morgan fingerprint density at radius 2 is 1.76 bits per heavy atom. The van der Waals surface area contributed by atoms with Crippen molar-refractivity contribution in [3.8, 4) is 5.69 Å². The first kappa shape index (κ1) is 22.2. The lowest BCUT2D eigenvalue weighted by Crippen LogP contribution is -2.40. The maximum absolute atomic E-state index is 13.1. The number of amides is 2. The second-order valence-corrected chi connectivity index (χ2v) is 7.76. The Labute approximate surface area is 191 Å². The smallest absolute Gasteiger partial charge is 0.254 e. The van der Waals surface area contributed by atoms with Crippen LogP contribution in [0.3, 0.4) is 0 Å². The van der Waals surface area contributed by atoms with Gasteiger partial charge in [-0.1, -0.05) is 30.3 Å². The summed E-state index contributed by atoms with van der Waals surface area (Å²) in [7, 11) is 0. The molecule has 0 aliphatic carbocycles. The normalized spacial score (nSPS) is 10.9.